The van der Waals surface area contributed by atoms with Gasteiger partial charge in [0.25, 0.3) is 0 Å². The van der Waals surface area contributed by atoms with Crippen LogP contribution in [0, 0.1) is 5.82 Å². The van der Waals surface area contributed by atoms with Gasteiger partial charge >= 0.3 is 0 Å². The first-order valence-electron chi connectivity index (χ1n) is 6.55. The van der Waals surface area contributed by atoms with Crippen LogP contribution < -0.4 is 10.2 Å². The summed E-state index contributed by atoms with van der Waals surface area (Å²) in [6.45, 7) is 3.43. The van der Waals surface area contributed by atoms with Gasteiger partial charge in [0.15, 0.2) is 0 Å². The highest BCUT2D eigenvalue weighted by atomic mass is 19.1. The van der Waals surface area contributed by atoms with Crippen LogP contribution >= 0.6 is 0 Å². The molecule has 1 saturated heterocycles. The number of anilines is 1. The lowest BCUT2D eigenvalue weighted by atomic mass is 10.1. The Morgan fingerprint density at radius 3 is 2.78 bits per heavy atom. The number of nitrogens with zero attached hydrogens (tertiary/aromatic N) is 1. The second-order valence-electron chi connectivity index (χ2n) is 4.69. The van der Waals surface area contributed by atoms with E-state index in [9.17, 15) is 4.39 Å². The lowest BCUT2D eigenvalue weighted by Crippen LogP contribution is -2.34. The maximum absolute atomic E-state index is 13.5. The van der Waals surface area contributed by atoms with Crippen LogP contribution in [0.3, 0.4) is 0 Å². The van der Waals surface area contributed by atoms with Gasteiger partial charge in [0.1, 0.15) is 5.82 Å². The zero-order chi connectivity index (χ0) is 12.8. The molecule has 0 aromatic heterocycles. The molecule has 0 amide bonds. The summed E-state index contributed by atoms with van der Waals surface area (Å²) in [6, 6.07) is 6.83. The van der Waals surface area contributed by atoms with Gasteiger partial charge < -0.3 is 15.0 Å². The third kappa shape index (κ3) is 3.68. The zero-order valence-electron chi connectivity index (χ0n) is 10.9. The molecule has 1 fully saturated rings. The van der Waals surface area contributed by atoms with Crippen molar-refractivity contribution in [1.29, 1.82) is 0 Å². The number of benzene rings is 1. The zero-order valence-corrected chi connectivity index (χ0v) is 10.9. The van der Waals surface area contributed by atoms with Gasteiger partial charge in [-0.15, -0.1) is 0 Å². The van der Waals surface area contributed by atoms with Crippen molar-refractivity contribution in [2.75, 3.05) is 38.2 Å². The Bertz CT molecular complexity index is 367. The fourth-order valence-electron chi connectivity index (χ4n) is 2.20. The molecule has 1 aromatic rings. The second kappa shape index (κ2) is 6.71. The van der Waals surface area contributed by atoms with E-state index in [4.69, 9.17) is 4.74 Å². The Hall–Kier alpha value is -1.13. The molecule has 0 aliphatic carbocycles. The van der Waals surface area contributed by atoms with Gasteiger partial charge in [0.05, 0.1) is 18.4 Å². The van der Waals surface area contributed by atoms with Crippen molar-refractivity contribution >= 4 is 5.69 Å². The highest BCUT2D eigenvalue weighted by molar-refractivity contribution is 5.46. The fraction of sp³-hybridized carbons (Fsp3) is 0.571. The molecule has 4 heteroatoms. The summed E-state index contributed by atoms with van der Waals surface area (Å²) in [4.78, 5) is 1.90. The molecular weight excluding hydrogens is 231 g/mol. The van der Waals surface area contributed by atoms with Gasteiger partial charge in [0.2, 0.25) is 0 Å². The molecule has 0 radical (unpaired) electrons. The first-order valence-corrected chi connectivity index (χ1v) is 6.55. The molecule has 18 heavy (non-hydrogen) atoms. The van der Waals surface area contributed by atoms with Crippen molar-refractivity contribution in [3.05, 3.63) is 30.1 Å². The van der Waals surface area contributed by atoms with Gasteiger partial charge in [-0.3, -0.25) is 0 Å². The van der Waals surface area contributed by atoms with Crippen molar-refractivity contribution in [3.63, 3.8) is 0 Å². The first-order chi connectivity index (χ1) is 8.77. The highest BCUT2D eigenvalue weighted by Gasteiger charge is 2.13. The van der Waals surface area contributed by atoms with E-state index >= 15 is 0 Å². The van der Waals surface area contributed by atoms with Crippen LogP contribution in [0.4, 0.5) is 10.1 Å². The quantitative estimate of drug-likeness (QED) is 0.868. The average Bonchev–Trinajstić information content (AvgIpc) is 2.40. The van der Waals surface area contributed by atoms with Crippen molar-refractivity contribution in [3.8, 4) is 0 Å². The number of piperidine rings is 1. The van der Waals surface area contributed by atoms with Crippen molar-refractivity contribution in [2.45, 2.75) is 18.9 Å². The van der Waals surface area contributed by atoms with E-state index in [1.54, 1.807) is 12.1 Å². The Morgan fingerprint density at radius 2 is 2.06 bits per heavy atom. The molecule has 1 N–H and O–H groups in total. The Morgan fingerprint density at radius 1 is 1.33 bits per heavy atom. The molecular formula is C14H21FN2O. The SMILES string of the molecule is CN(CCOC1CCNCC1)c1ccccc1F. The average molecular weight is 252 g/mol. The standard InChI is InChI=1S/C14H21FN2O/c1-17(14-5-3-2-4-13(14)15)10-11-18-12-6-8-16-9-7-12/h2-5,12,16H,6-11H2,1H3. The summed E-state index contributed by atoms with van der Waals surface area (Å²) in [5.41, 5.74) is 0.631. The summed E-state index contributed by atoms with van der Waals surface area (Å²) in [7, 11) is 1.89. The molecule has 1 aliphatic rings. The van der Waals surface area contributed by atoms with E-state index in [2.05, 4.69) is 5.32 Å². The van der Waals surface area contributed by atoms with Crippen LogP contribution in [0.15, 0.2) is 24.3 Å². The molecule has 1 aliphatic heterocycles. The summed E-state index contributed by atoms with van der Waals surface area (Å²) in [5.74, 6) is -0.179. The number of likely N-dealkylation sites (N-methyl/N-ethyl adjacent to an activating group) is 1. The van der Waals surface area contributed by atoms with E-state index < -0.39 is 0 Å². The Kier molecular flexibility index (Phi) is 4.96. The van der Waals surface area contributed by atoms with Gasteiger partial charge in [-0.25, -0.2) is 4.39 Å². The Balaban J connectivity index is 1.74. The van der Waals surface area contributed by atoms with Crippen molar-refractivity contribution in [1.82, 2.24) is 5.32 Å². The molecule has 0 atom stereocenters. The highest BCUT2D eigenvalue weighted by Crippen LogP contribution is 2.16. The molecule has 0 unspecified atom stereocenters. The minimum atomic E-state index is -0.179. The Labute approximate surface area is 108 Å². The first kappa shape index (κ1) is 13.3. The predicted octanol–water partition coefficient (Wildman–Crippen LogP) is 2.03. The number of halogens is 1. The van der Waals surface area contributed by atoms with Gasteiger partial charge in [-0.1, -0.05) is 12.1 Å². The van der Waals surface area contributed by atoms with Crippen LogP contribution in [0.25, 0.3) is 0 Å². The number of para-hydroxylation sites is 1. The lowest BCUT2D eigenvalue weighted by molar-refractivity contribution is 0.0376. The second-order valence-corrected chi connectivity index (χ2v) is 4.69. The molecule has 0 saturated carbocycles. The van der Waals surface area contributed by atoms with Crippen LogP contribution in [-0.2, 0) is 4.74 Å². The van der Waals surface area contributed by atoms with E-state index in [0.29, 0.717) is 24.9 Å². The predicted molar refractivity (Wildman–Crippen MR) is 71.5 cm³/mol. The molecule has 2 rings (SSSR count). The van der Waals surface area contributed by atoms with Crippen molar-refractivity contribution < 1.29 is 9.13 Å². The van der Waals surface area contributed by atoms with Crippen LogP contribution in [0.5, 0.6) is 0 Å². The lowest BCUT2D eigenvalue weighted by Gasteiger charge is -2.25. The molecule has 0 spiro atoms. The molecule has 3 nitrogen and oxygen atoms in total. The van der Waals surface area contributed by atoms with Gasteiger partial charge in [-0.05, 0) is 38.1 Å². The van der Waals surface area contributed by atoms with Crippen LogP contribution in [0.2, 0.25) is 0 Å². The van der Waals surface area contributed by atoms with E-state index in [1.807, 2.05) is 18.0 Å². The fourth-order valence-corrected chi connectivity index (χ4v) is 2.20. The van der Waals surface area contributed by atoms with E-state index in [0.717, 1.165) is 25.9 Å². The van der Waals surface area contributed by atoms with Crippen LogP contribution in [0.1, 0.15) is 12.8 Å². The monoisotopic (exact) mass is 252 g/mol. The minimum Gasteiger partial charge on any atom is -0.376 e. The molecule has 0 bridgehead atoms. The molecule has 1 heterocycles. The minimum absolute atomic E-state index is 0.179. The molecule has 1 aromatic carbocycles. The van der Waals surface area contributed by atoms with Crippen molar-refractivity contribution in [2.24, 2.45) is 0 Å². The van der Waals surface area contributed by atoms with Gasteiger partial charge in [0, 0.05) is 13.6 Å². The van der Waals surface area contributed by atoms with Crippen LogP contribution in [-0.4, -0.2) is 39.4 Å². The third-order valence-electron chi connectivity index (χ3n) is 3.33. The molecule has 100 valence electrons. The number of ether oxygens (including phenoxy) is 1. The number of rotatable bonds is 5. The third-order valence-corrected chi connectivity index (χ3v) is 3.33. The number of nitrogens with one attached hydrogen (secondary N) is 1. The summed E-state index contributed by atoms with van der Waals surface area (Å²) >= 11 is 0. The normalized spacial score (nSPS) is 16.8. The number of hydrogen-bond acceptors (Lipinski definition) is 3. The maximum Gasteiger partial charge on any atom is 0.146 e. The largest absolute Gasteiger partial charge is 0.376 e. The smallest absolute Gasteiger partial charge is 0.146 e. The summed E-state index contributed by atoms with van der Waals surface area (Å²) < 4.78 is 19.3. The maximum atomic E-state index is 13.5. The van der Waals surface area contributed by atoms with E-state index in [-0.39, 0.29) is 5.82 Å². The number of hydrogen-bond donors (Lipinski definition) is 1. The summed E-state index contributed by atoms with van der Waals surface area (Å²) in [6.07, 6.45) is 2.51. The van der Waals surface area contributed by atoms with Gasteiger partial charge in [-0.2, -0.15) is 0 Å². The van der Waals surface area contributed by atoms with E-state index in [1.165, 1.54) is 6.07 Å². The summed E-state index contributed by atoms with van der Waals surface area (Å²) in [5, 5.41) is 3.31. The topological polar surface area (TPSA) is 24.5 Å².